The molecule has 0 atom stereocenters. The van der Waals surface area contributed by atoms with Gasteiger partial charge in [0.15, 0.2) is 5.78 Å². The van der Waals surface area contributed by atoms with Crippen LogP contribution in [0.25, 0.3) is 11.1 Å². The first-order chi connectivity index (χ1) is 11.9. The summed E-state index contributed by atoms with van der Waals surface area (Å²) in [7, 11) is -3.51. The Morgan fingerprint density at radius 1 is 1.16 bits per heavy atom. The molecule has 4 nitrogen and oxygen atoms in total. The molecule has 0 saturated heterocycles. The molecular formula is C19H20FNO3S. The van der Waals surface area contributed by atoms with Gasteiger partial charge < -0.3 is 0 Å². The number of ketones is 1. The summed E-state index contributed by atoms with van der Waals surface area (Å²) in [4.78, 5) is 12.5. The monoisotopic (exact) mass is 361 g/mol. The molecule has 1 N–H and O–H groups in total. The van der Waals surface area contributed by atoms with Crippen LogP contribution in [-0.4, -0.2) is 26.0 Å². The van der Waals surface area contributed by atoms with Crippen molar-refractivity contribution in [3.8, 4) is 11.1 Å². The van der Waals surface area contributed by atoms with E-state index >= 15 is 0 Å². The average molecular weight is 361 g/mol. The number of rotatable bonds is 6. The fourth-order valence-electron chi connectivity index (χ4n) is 3.00. The van der Waals surface area contributed by atoms with E-state index in [2.05, 4.69) is 4.72 Å². The summed E-state index contributed by atoms with van der Waals surface area (Å²) in [6.07, 6.45) is 2.10. The van der Waals surface area contributed by atoms with Crippen molar-refractivity contribution in [2.45, 2.75) is 31.4 Å². The van der Waals surface area contributed by atoms with E-state index in [-0.39, 0.29) is 5.56 Å². The van der Waals surface area contributed by atoms with Gasteiger partial charge in [0, 0.05) is 0 Å². The van der Waals surface area contributed by atoms with Crippen molar-refractivity contribution >= 4 is 15.8 Å². The van der Waals surface area contributed by atoms with Crippen molar-refractivity contribution in [2.24, 2.45) is 0 Å². The molecule has 0 amide bonds. The van der Waals surface area contributed by atoms with Crippen LogP contribution in [0, 0.1) is 12.7 Å². The lowest BCUT2D eigenvalue weighted by molar-refractivity contribution is 0.0992. The topological polar surface area (TPSA) is 63.2 Å². The average Bonchev–Trinajstić information content (AvgIpc) is 2.52. The molecule has 0 radical (unpaired) electrons. The Balaban J connectivity index is 1.85. The van der Waals surface area contributed by atoms with Gasteiger partial charge in [-0.05, 0) is 42.5 Å². The SMILES string of the molecule is Cc1c(-c2ccccc2)ccc(F)c1C(=O)CNS(=O)(=O)C1CCC1. The van der Waals surface area contributed by atoms with Crippen LogP contribution in [0.15, 0.2) is 42.5 Å². The zero-order chi connectivity index (χ0) is 18.0. The third-order valence-corrected chi connectivity index (χ3v) is 6.60. The molecule has 1 fully saturated rings. The zero-order valence-corrected chi connectivity index (χ0v) is 14.8. The van der Waals surface area contributed by atoms with E-state index in [0.29, 0.717) is 18.4 Å². The molecule has 1 saturated carbocycles. The van der Waals surface area contributed by atoms with E-state index in [1.54, 1.807) is 13.0 Å². The second-order valence-electron chi connectivity index (χ2n) is 6.30. The fourth-order valence-corrected chi connectivity index (χ4v) is 4.53. The van der Waals surface area contributed by atoms with Gasteiger partial charge in [-0.1, -0.05) is 42.8 Å². The van der Waals surface area contributed by atoms with E-state index in [9.17, 15) is 17.6 Å². The van der Waals surface area contributed by atoms with E-state index in [1.807, 2.05) is 30.3 Å². The van der Waals surface area contributed by atoms with Crippen LogP contribution in [0.3, 0.4) is 0 Å². The van der Waals surface area contributed by atoms with Gasteiger partial charge in [-0.15, -0.1) is 0 Å². The molecule has 3 rings (SSSR count). The van der Waals surface area contributed by atoms with E-state index in [1.165, 1.54) is 6.07 Å². The number of nitrogens with one attached hydrogen (secondary N) is 1. The molecule has 6 heteroatoms. The molecule has 1 aliphatic carbocycles. The lowest BCUT2D eigenvalue weighted by Gasteiger charge is -2.25. The van der Waals surface area contributed by atoms with Crippen molar-refractivity contribution in [1.29, 1.82) is 0 Å². The second-order valence-corrected chi connectivity index (χ2v) is 8.35. The van der Waals surface area contributed by atoms with Crippen LogP contribution >= 0.6 is 0 Å². The summed E-state index contributed by atoms with van der Waals surface area (Å²) in [5.74, 6) is -1.19. The van der Waals surface area contributed by atoms with Crippen LogP contribution in [0.2, 0.25) is 0 Å². The van der Waals surface area contributed by atoms with Crippen molar-refractivity contribution in [3.05, 3.63) is 59.4 Å². The van der Waals surface area contributed by atoms with Gasteiger partial charge in [0.2, 0.25) is 10.0 Å². The summed E-state index contributed by atoms with van der Waals surface area (Å²) >= 11 is 0. The number of carbonyl (C=O) groups is 1. The minimum absolute atomic E-state index is 0.0577. The van der Waals surface area contributed by atoms with Crippen LogP contribution < -0.4 is 4.72 Å². The van der Waals surface area contributed by atoms with Gasteiger partial charge in [0.05, 0.1) is 17.4 Å². The van der Waals surface area contributed by atoms with Gasteiger partial charge in [-0.3, -0.25) is 4.79 Å². The summed E-state index contributed by atoms with van der Waals surface area (Å²) < 4.78 is 40.7. The van der Waals surface area contributed by atoms with Crippen molar-refractivity contribution in [1.82, 2.24) is 4.72 Å². The Morgan fingerprint density at radius 3 is 2.44 bits per heavy atom. The Kier molecular flexibility index (Phi) is 5.01. The van der Waals surface area contributed by atoms with Crippen molar-refractivity contribution < 1.29 is 17.6 Å². The molecule has 0 spiro atoms. The minimum atomic E-state index is -3.51. The summed E-state index contributed by atoms with van der Waals surface area (Å²) in [6.45, 7) is 1.26. The number of benzene rings is 2. The highest BCUT2D eigenvalue weighted by atomic mass is 32.2. The first kappa shape index (κ1) is 17.8. The van der Waals surface area contributed by atoms with Crippen LogP contribution in [0.1, 0.15) is 35.2 Å². The van der Waals surface area contributed by atoms with Crippen molar-refractivity contribution in [3.63, 3.8) is 0 Å². The summed E-state index contributed by atoms with van der Waals surface area (Å²) in [5.41, 5.74) is 2.09. The minimum Gasteiger partial charge on any atom is -0.293 e. The molecule has 0 unspecified atom stereocenters. The second kappa shape index (κ2) is 7.06. The number of hydrogen-bond acceptors (Lipinski definition) is 3. The van der Waals surface area contributed by atoms with E-state index in [4.69, 9.17) is 0 Å². The van der Waals surface area contributed by atoms with Gasteiger partial charge in [-0.25, -0.2) is 17.5 Å². The fraction of sp³-hybridized carbons (Fsp3) is 0.316. The molecule has 0 aliphatic heterocycles. The molecule has 0 aromatic heterocycles. The number of halogens is 1. The molecule has 2 aromatic carbocycles. The lowest BCUT2D eigenvalue weighted by Crippen LogP contribution is -2.40. The predicted molar refractivity (Wildman–Crippen MR) is 95.5 cm³/mol. The maximum atomic E-state index is 14.3. The number of carbonyl (C=O) groups excluding carboxylic acids is 1. The first-order valence-corrected chi connectivity index (χ1v) is 9.81. The van der Waals surface area contributed by atoms with E-state index < -0.39 is 33.4 Å². The van der Waals surface area contributed by atoms with Gasteiger partial charge in [-0.2, -0.15) is 0 Å². The highest BCUT2D eigenvalue weighted by molar-refractivity contribution is 7.90. The number of hydrogen-bond donors (Lipinski definition) is 1. The molecular weight excluding hydrogens is 341 g/mol. The maximum absolute atomic E-state index is 14.3. The Labute approximate surface area is 147 Å². The Morgan fingerprint density at radius 2 is 1.84 bits per heavy atom. The van der Waals surface area contributed by atoms with Crippen LogP contribution in [-0.2, 0) is 10.0 Å². The number of Topliss-reactive ketones (excluding diaryl/α,β-unsaturated/α-hetero) is 1. The number of sulfonamides is 1. The largest absolute Gasteiger partial charge is 0.293 e. The normalized spacial score (nSPS) is 15.0. The predicted octanol–water partition coefficient (Wildman–Crippen LogP) is 3.46. The standard InChI is InChI=1S/C19H20FNO3S/c1-13-16(14-6-3-2-4-7-14)10-11-17(20)19(13)18(22)12-21-25(23,24)15-8-5-9-15/h2-4,6-7,10-11,15,21H,5,8-9,12H2,1H3. The Hall–Kier alpha value is -2.05. The third-order valence-electron chi connectivity index (χ3n) is 4.70. The Bertz CT molecular complexity index is 890. The molecule has 132 valence electrons. The smallest absolute Gasteiger partial charge is 0.214 e. The van der Waals surface area contributed by atoms with Gasteiger partial charge in [0.1, 0.15) is 5.82 Å². The van der Waals surface area contributed by atoms with E-state index in [0.717, 1.165) is 17.5 Å². The molecule has 0 heterocycles. The van der Waals surface area contributed by atoms with Gasteiger partial charge >= 0.3 is 0 Å². The lowest BCUT2D eigenvalue weighted by atomic mass is 9.94. The van der Waals surface area contributed by atoms with Crippen molar-refractivity contribution in [2.75, 3.05) is 6.54 Å². The zero-order valence-electron chi connectivity index (χ0n) is 14.0. The third kappa shape index (κ3) is 3.65. The van der Waals surface area contributed by atoms with Gasteiger partial charge in [0.25, 0.3) is 0 Å². The molecule has 25 heavy (non-hydrogen) atoms. The molecule has 1 aliphatic rings. The highest BCUT2D eigenvalue weighted by Crippen LogP contribution is 2.28. The quantitative estimate of drug-likeness (QED) is 0.802. The molecule has 0 bridgehead atoms. The highest BCUT2D eigenvalue weighted by Gasteiger charge is 2.31. The molecule has 2 aromatic rings. The summed E-state index contributed by atoms with van der Waals surface area (Å²) in [5, 5.41) is -0.429. The maximum Gasteiger partial charge on any atom is 0.214 e. The van der Waals surface area contributed by atoms with Crippen LogP contribution in [0.4, 0.5) is 4.39 Å². The van der Waals surface area contributed by atoms with Crippen LogP contribution in [0.5, 0.6) is 0 Å². The summed E-state index contributed by atoms with van der Waals surface area (Å²) in [6, 6.07) is 12.3. The first-order valence-electron chi connectivity index (χ1n) is 8.26.